The summed E-state index contributed by atoms with van der Waals surface area (Å²) in [5.41, 5.74) is 0.500. The van der Waals surface area contributed by atoms with Gasteiger partial charge in [-0.05, 0) is 18.4 Å². The van der Waals surface area contributed by atoms with E-state index in [0.717, 1.165) is 10.8 Å². The molecule has 1 amide bonds. The number of benzene rings is 1. The van der Waals surface area contributed by atoms with Crippen LogP contribution in [0.3, 0.4) is 0 Å². The van der Waals surface area contributed by atoms with E-state index in [1.54, 1.807) is 11.1 Å². The average Bonchev–Trinajstić information content (AvgIpc) is 2.43. The Morgan fingerprint density at radius 2 is 2.11 bits per heavy atom. The highest BCUT2D eigenvalue weighted by atomic mass is 35.5. The Kier molecular flexibility index (Phi) is 4.15. The normalized spacial score (nSPS) is 10.6. The molecule has 18 heavy (non-hydrogen) atoms. The van der Waals surface area contributed by atoms with Gasteiger partial charge < -0.3 is 4.90 Å². The van der Waals surface area contributed by atoms with Crippen LogP contribution < -0.4 is 0 Å². The van der Waals surface area contributed by atoms with Crippen LogP contribution in [-0.4, -0.2) is 34.8 Å². The first-order chi connectivity index (χ1) is 8.77. The van der Waals surface area contributed by atoms with Gasteiger partial charge in [-0.25, -0.2) is 0 Å². The van der Waals surface area contributed by atoms with Crippen LogP contribution in [-0.2, 0) is 0 Å². The molecule has 0 unspecified atom stereocenters. The van der Waals surface area contributed by atoms with Crippen LogP contribution in [0.4, 0.5) is 0 Å². The number of carbonyl (C=O) groups excluding carboxylic acids is 1. The lowest BCUT2D eigenvalue weighted by molar-refractivity contribution is 0.0770. The molecule has 0 spiro atoms. The van der Waals surface area contributed by atoms with Crippen molar-refractivity contribution in [2.75, 3.05) is 19.0 Å². The smallest absolute Gasteiger partial charge is 0.273 e. The zero-order valence-electron chi connectivity index (χ0n) is 10.3. The summed E-state index contributed by atoms with van der Waals surface area (Å²) in [6.45, 7) is 3.12. The maximum Gasteiger partial charge on any atom is 0.273 e. The van der Waals surface area contributed by atoms with Gasteiger partial charge in [0, 0.05) is 30.6 Å². The van der Waals surface area contributed by atoms with E-state index in [2.05, 4.69) is 4.98 Å². The zero-order valence-corrected chi connectivity index (χ0v) is 11.0. The summed E-state index contributed by atoms with van der Waals surface area (Å²) in [6.07, 6.45) is 1.67. The predicted molar refractivity (Wildman–Crippen MR) is 74.0 cm³/mol. The number of hydrogen-bond acceptors (Lipinski definition) is 2. The minimum absolute atomic E-state index is 0.0602. The summed E-state index contributed by atoms with van der Waals surface area (Å²) in [6, 6.07) is 9.67. The van der Waals surface area contributed by atoms with Gasteiger partial charge in [-0.1, -0.05) is 24.3 Å². The Morgan fingerprint density at radius 3 is 2.83 bits per heavy atom. The summed E-state index contributed by atoms with van der Waals surface area (Å²) in [4.78, 5) is 18.3. The van der Waals surface area contributed by atoms with E-state index in [4.69, 9.17) is 11.6 Å². The van der Waals surface area contributed by atoms with Crippen molar-refractivity contribution in [3.63, 3.8) is 0 Å². The van der Waals surface area contributed by atoms with Crippen molar-refractivity contribution < 1.29 is 4.79 Å². The number of aromatic nitrogens is 1. The Labute approximate surface area is 111 Å². The van der Waals surface area contributed by atoms with Gasteiger partial charge in [-0.15, -0.1) is 11.6 Å². The fraction of sp³-hybridized carbons (Fsp3) is 0.286. The highest BCUT2D eigenvalue weighted by Gasteiger charge is 2.17. The number of amides is 1. The molecule has 1 aromatic heterocycles. The van der Waals surface area contributed by atoms with Crippen LogP contribution in [0.5, 0.6) is 0 Å². The van der Waals surface area contributed by atoms with Gasteiger partial charge >= 0.3 is 0 Å². The summed E-state index contributed by atoms with van der Waals surface area (Å²) in [5, 5.41) is 1.91. The molecule has 0 aliphatic carbocycles. The molecule has 3 nitrogen and oxygen atoms in total. The highest BCUT2D eigenvalue weighted by molar-refractivity contribution is 6.18. The monoisotopic (exact) mass is 262 g/mol. The molecule has 0 N–H and O–H groups in total. The van der Waals surface area contributed by atoms with E-state index in [9.17, 15) is 4.79 Å². The van der Waals surface area contributed by atoms with Gasteiger partial charge in [0.1, 0.15) is 5.69 Å². The fourth-order valence-corrected chi connectivity index (χ4v) is 2.15. The second-order valence-electron chi connectivity index (χ2n) is 3.95. The van der Waals surface area contributed by atoms with E-state index in [-0.39, 0.29) is 5.91 Å². The Bertz CT molecular complexity index is 551. The first-order valence-electron chi connectivity index (χ1n) is 5.97. The van der Waals surface area contributed by atoms with Gasteiger partial charge in [-0.2, -0.15) is 0 Å². The third kappa shape index (κ3) is 2.46. The number of fused-ring (bicyclic) bond motifs is 1. The molecule has 0 saturated heterocycles. The Balaban J connectivity index is 2.44. The van der Waals surface area contributed by atoms with Crippen molar-refractivity contribution in [2.24, 2.45) is 0 Å². The Morgan fingerprint density at radius 1 is 1.33 bits per heavy atom. The quantitative estimate of drug-likeness (QED) is 0.794. The van der Waals surface area contributed by atoms with Crippen molar-refractivity contribution in [3.8, 4) is 0 Å². The minimum Gasteiger partial charge on any atom is -0.336 e. The molecule has 0 aliphatic heterocycles. The van der Waals surface area contributed by atoms with Crippen molar-refractivity contribution in [1.29, 1.82) is 0 Å². The Hall–Kier alpha value is -1.61. The molecular weight excluding hydrogens is 248 g/mol. The second kappa shape index (κ2) is 5.83. The van der Waals surface area contributed by atoms with Crippen LogP contribution in [0.25, 0.3) is 10.8 Å². The molecule has 4 heteroatoms. The lowest BCUT2D eigenvalue weighted by Crippen LogP contribution is -2.33. The molecule has 1 aromatic carbocycles. The first kappa shape index (κ1) is 12.8. The first-order valence-corrected chi connectivity index (χ1v) is 6.50. The van der Waals surface area contributed by atoms with Crippen molar-refractivity contribution in [3.05, 3.63) is 42.2 Å². The lowest BCUT2D eigenvalue weighted by atomic mass is 10.1. The summed E-state index contributed by atoms with van der Waals surface area (Å²) < 4.78 is 0. The van der Waals surface area contributed by atoms with Gasteiger partial charge in [0.2, 0.25) is 0 Å². The maximum atomic E-state index is 12.4. The zero-order chi connectivity index (χ0) is 13.0. The standard InChI is InChI=1S/C14H15ClN2O/c1-2-17(10-8-15)14(18)13-12-6-4-3-5-11(12)7-9-16-13/h3-7,9H,2,8,10H2,1H3. The minimum atomic E-state index is -0.0602. The molecule has 2 rings (SSSR count). The van der Waals surface area contributed by atoms with E-state index in [1.165, 1.54) is 0 Å². The third-order valence-electron chi connectivity index (χ3n) is 2.90. The van der Waals surface area contributed by atoms with Crippen LogP contribution in [0.1, 0.15) is 17.4 Å². The van der Waals surface area contributed by atoms with E-state index >= 15 is 0 Å². The molecule has 94 valence electrons. The van der Waals surface area contributed by atoms with Gasteiger partial charge in [0.15, 0.2) is 0 Å². The van der Waals surface area contributed by atoms with E-state index in [0.29, 0.717) is 24.7 Å². The number of nitrogens with zero attached hydrogens (tertiary/aromatic N) is 2. The maximum absolute atomic E-state index is 12.4. The van der Waals surface area contributed by atoms with Gasteiger partial charge in [0.05, 0.1) is 0 Å². The van der Waals surface area contributed by atoms with Crippen molar-refractivity contribution in [2.45, 2.75) is 6.92 Å². The second-order valence-corrected chi connectivity index (χ2v) is 4.33. The predicted octanol–water partition coefficient (Wildman–Crippen LogP) is 2.94. The van der Waals surface area contributed by atoms with Crippen LogP contribution in [0, 0.1) is 0 Å². The molecule has 1 heterocycles. The molecule has 0 bridgehead atoms. The van der Waals surface area contributed by atoms with Gasteiger partial charge in [0.25, 0.3) is 5.91 Å². The molecule has 0 aliphatic rings. The number of alkyl halides is 1. The number of halogens is 1. The topological polar surface area (TPSA) is 33.2 Å². The molecule has 0 saturated carbocycles. The number of carbonyl (C=O) groups is 1. The molecule has 0 radical (unpaired) electrons. The van der Waals surface area contributed by atoms with E-state index < -0.39 is 0 Å². The summed E-state index contributed by atoms with van der Waals surface area (Å²) in [7, 11) is 0. The lowest BCUT2D eigenvalue weighted by Gasteiger charge is -2.19. The molecule has 0 fully saturated rings. The van der Waals surface area contributed by atoms with E-state index in [1.807, 2.05) is 37.3 Å². The number of hydrogen-bond donors (Lipinski definition) is 0. The molecule has 0 atom stereocenters. The summed E-state index contributed by atoms with van der Waals surface area (Å²) >= 11 is 5.71. The van der Waals surface area contributed by atoms with Crippen molar-refractivity contribution >= 4 is 28.3 Å². The van der Waals surface area contributed by atoms with Gasteiger partial charge in [-0.3, -0.25) is 9.78 Å². The number of pyridine rings is 1. The average molecular weight is 263 g/mol. The fourth-order valence-electron chi connectivity index (χ4n) is 1.95. The number of rotatable bonds is 4. The van der Waals surface area contributed by atoms with Crippen LogP contribution in [0.15, 0.2) is 36.5 Å². The molecular formula is C14H15ClN2O. The van der Waals surface area contributed by atoms with Crippen LogP contribution >= 0.6 is 11.6 Å². The van der Waals surface area contributed by atoms with Crippen LogP contribution in [0.2, 0.25) is 0 Å². The highest BCUT2D eigenvalue weighted by Crippen LogP contribution is 2.17. The SMILES string of the molecule is CCN(CCCl)C(=O)c1nccc2ccccc12. The van der Waals surface area contributed by atoms with Crippen molar-refractivity contribution in [1.82, 2.24) is 9.88 Å². The molecule has 2 aromatic rings. The third-order valence-corrected chi connectivity index (χ3v) is 3.07. The summed E-state index contributed by atoms with van der Waals surface area (Å²) in [5.74, 6) is 0.375. The largest absolute Gasteiger partial charge is 0.336 e.